The van der Waals surface area contributed by atoms with Crippen molar-refractivity contribution in [1.82, 2.24) is 14.5 Å². The Bertz CT molecular complexity index is 1120. The first-order valence-electron chi connectivity index (χ1n) is 10.5. The molecule has 2 unspecified atom stereocenters. The topological polar surface area (TPSA) is 44.8 Å². The van der Waals surface area contributed by atoms with Gasteiger partial charge >= 0.3 is 6.03 Å². The van der Waals surface area contributed by atoms with E-state index in [1.165, 1.54) is 25.2 Å². The number of benzene rings is 2. The normalized spacial score (nSPS) is 22.1. The minimum absolute atomic E-state index is 0.144. The van der Waals surface area contributed by atoms with E-state index in [1.54, 1.807) is 0 Å². The number of hydrogen-bond donors (Lipinski definition) is 1. The van der Waals surface area contributed by atoms with Gasteiger partial charge in [0.2, 0.25) is 0 Å². The molecular formula is C22H20F7N3O2S. The number of alkyl halides is 4. The van der Waals surface area contributed by atoms with Crippen LogP contribution in [0.15, 0.2) is 30.3 Å². The molecule has 13 heteroatoms. The lowest BCUT2D eigenvalue weighted by Gasteiger charge is -2.31. The zero-order chi connectivity index (χ0) is 25.5. The molecular weight excluding hydrogens is 503 g/mol. The highest BCUT2D eigenvalue weighted by atomic mass is 32.2. The van der Waals surface area contributed by atoms with Crippen LogP contribution in [0.2, 0.25) is 0 Å². The quantitative estimate of drug-likeness (QED) is 0.459. The molecule has 0 aliphatic carbocycles. The highest BCUT2D eigenvalue weighted by Gasteiger charge is 2.56. The summed E-state index contributed by atoms with van der Waals surface area (Å²) in [7, 11) is 1.30. The Hall–Kier alpha value is -2.67. The number of ether oxygens (including phenoxy) is 1. The van der Waals surface area contributed by atoms with Crippen molar-refractivity contribution in [3.8, 4) is 16.9 Å². The van der Waals surface area contributed by atoms with Gasteiger partial charge in [0.15, 0.2) is 11.6 Å². The standard InChI is InChI=1S/C22H20F7N3O2S/c1-31-5-6-34-18-14(8-12(23)9-15(18)24)13-4-2-3-11(17(13)25)7-16-19(30-35-20(26)27)22(28,29)10-32(16)21(31)33/h2-4,8-9,16,19-20,30H,5-7,10H2,1H3. The van der Waals surface area contributed by atoms with E-state index in [1.807, 2.05) is 4.72 Å². The van der Waals surface area contributed by atoms with Gasteiger partial charge in [-0.1, -0.05) is 18.2 Å². The van der Waals surface area contributed by atoms with Gasteiger partial charge in [-0.25, -0.2) is 31.5 Å². The maximum atomic E-state index is 15.6. The number of nitrogens with one attached hydrogen (secondary N) is 1. The summed E-state index contributed by atoms with van der Waals surface area (Å²) in [4.78, 5) is 14.9. The number of likely N-dealkylation sites (N-methyl/N-ethyl adjacent to an activating group) is 1. The summed E-state index contributed by atoms with van der Waals surface area (Å²) in [6, 6.07) is 1.17. The Morgan fingerprint density at radius 3 is 2.63 bits per heavy atom. The van der Waals surface area contributed by atoms with Crippen molar-refractivity contribution >= 4 is 18.0 Å². The predicted octanol–water partition coefficient (Wildman–Crippen LogP) is 4.91. The molecule has 35 heavy (non-hydrogen) atoms. The maximum Gasteiger partial charge on any atom is 0.320 e. The highest BCUT2D eigenvalue weighted by Crippen LogP contribution is 2.40. The minimum Gasteiger partial charge on any atom is -0.488 e. The van der Waals surface area contributed by atoms with Crippen LogP contribution in [0.25, 0.3) is 11.1 Å². The number of fused-ring (bicyclic) bond motifs is 5. The molecule has 0 aromatic heterocycles. The molecule has 2 amide bonds. The molecule has 2 aromatic carbocycles. The van der Waals surface area contributed by atoms with Crippen LogP contribution in [-0.2, 0) is 6.42 Å². The number of nitrogens with zero attached hydrogens (tertiary/aromatic N) is 2. The van der Waals surface area contributed by atoms with Crippen LogP contribution in [0.4, 0.5) is 35.5 Å². The van der Waals surface area contributed by atoms with Gasteiger partial charge in [0.1, 0.15) is 24.3 Å². The second-order valence-electron chi connectivity index (χ2n) is 8.23. The van der Waals surface area contributed by atoms with Gasteiger partial charge in [0.25, 0.3) is 11.7 Å². The molecule has 2 aliphatic heterocycles. The van der Waals surface area contributed by atoms with Crippen molar-refractivity contribution in [2.45, 2.75) is 30.2 Å². The van der Waals surface area contributed by atoms with E-state index in [-0.39, 0.29) is 41.8 Å². The number of urea groups is 1. The number of rotatable bonds is 3. The van der Waals surface area contributed by atoms with E-state index in [4.69, 9.17) is 4.74 Å². The lowest BCUT2D eigenvalue weighted by molar-refractivity contribution is -0.00459. The lowest BCUT2D eigenvalue weighted by Crippen LogP contribution is -2.50. The van der Waals surface area contributed by atoms with Gasteiger partial charge in [0.05, 0.1) is 19.1 Å². The van der Waals surface area contributed by atoms with Gasteiger partial charge in [-0.15, -0.1) is 0 Å². The van der Waals surface area contributed by atoms with Crippen LogP contribution < -0.4 is 9.46 Å². The van der Waals surface area contributed by atoms with E-state index >= 15 is 4.39 Å². The van der Waals surface area contributed by atoms with Crippen LogP contribution in [0.3, 0.4) is 0 Å². The number of halogens is 7. The smallest absolute Gasteiger partial charge is 0.320 e. The number of carbonyl (C=O) groups excluding carboxylic acids is 1. The fourth-order valence-electron chi connectivity index (χ4n) is 4.31. The van der Waals surface area contributed by atoms with E-state index < -0.39 is 66.0 Å². The van der Waals surface area contributed by atoms with Crippen molar-refractivity contribution in [3.63, 3.8) is 0 Å². The molecule has 0 spiro atoms. The van der Waals surface area contributed by atoms with Gasteiger partial charge in [-0.3, -0.25) is 0 Å². The Morgan fingerprint density at radius 1 is 1.17 bits per heavy atom. The van der Waals surface area contributed by atoms with Crippen LogP contribution in [-0.4, -0.2) is 66.3 Å². The molecule has 190 valence electrons. The molecule has 2 atom stereocenters. The summed E-state index contributed by atoms with van der Waals surface area (Å²) in [5.41, 5.74) is -0.612. The second kappa shape index (κ2) is 9.76. The van der Waals surface area contributed by atoms with Crippen molar-refractivity contribution in [3.05, 3.63) is 53.3 Å². The third kappa shape index (κ3) is 5.01. The summed E-state index contributed by atoms with van der Waals surface area (Å²) < 4.78 is 107. The van der Waals surface area contributed by atoms with Crippen LogP contribution >= 0.6 is 11.9 Å². The predicted molar refractivity (Wildman–Crippen MR) is 115 cm³/mol. The molecule has 2 aromatic rings. The number of amides is 2. The van der Waals surface area contributed by atoms with E-state index in [9.17, 15) is 31.1 Å². The summed E-state index contributed by atoms with van der Waals surface area (Å²) in [5, 5.41) is 0. The van der Waals surface area contributed by atoms with Crippen LogP contribution in [0.5, 0.6) is 5.75 Å². The molecule has 0 saturated carbocycles. The highest BCUT2D eigenvalue weighted by molar-refractivity contribution is 7.97. The fourth-order valence-corrected chi connectivity index (χ4v) is 4.89. The van der Waals surface area contributed by atoms with Gasteiger partial charge < -0.3 is 14.5 Å². The van der Waals surface area contributed by atoms with E-state index in [0.29, 0.717) is 6.07 Å². The number of hydrogen-bond acceptors (Lipinski definition) is 4. The van der Waals surface area contributed by atoms with Crippen LogP contribution in [0, 0.1) is 17.5 Å². The maximum absolute atomic E-state index is 15.6. The summed E-state index contributed by atoms with van der Waals surface area (Å²) in [5.74, 6) is -10.1. The molecule has 2 heterocycles. The zero-order valence-electron chi connectivity index (χ0n) is 18.2. The second-order valence-corrected chi connectivity index (χ2v) is 9.06. The largest absolute Gasteiger partial charge is 0.488 e. The first-order chi connectivity index (χ1) is 16.5. The molecule has 5 nitrogen and oxygen atoms in total. The van der Waals surface area contributed by atoms with E-state index in [0.717, 1.165) is 15.9 Å². The lowest BCUT2D eigenvalue weighted by atomic mass is 9.95. The Labute approximate surface area is 200 Å². The molecule has 0 radical (unpaired) electrons. The third-order valence-corrected chi connectivity index (χ3v) is 6.53. The Morgan fingerprint density at radius 2 is 1.91 bits per heavy atom. The molecule has 2 bridgehead atoms. The Kier molecular flexibility index (Phi) is 7.09. The molecule has 4 rings (SSSR count). The fraction of sp³-hybridized carbons (Fsp3) is 0.409. The van der Waals surface area contributed by atoms with Crippen molar-refractivity contribution in [1.29, 1.82) is 0 Å². The van der Waals surface area contributed by atoms with Crippen molar-refractivity contribution < 1.29 is 40.3 Å². The van der Waals surface area contributed by atoms with Crippen molar-refractivity contribution in [2.24, 2.45) is 0 Å². The molecule has 1 saturated heterocycles. The zero-order valence-corrected chi connectivity index (χ0v) is 19.0. The third-order valence-electron chi connectivity index (χ3n) is 5.96. The first kappa shape index (κ1) is 25.4. The summed E-state index contributed by atoms with van der Waals surface area (Å²) in [6.45, 7) is -1.56. The van der Waals surface area contributed by atoms with E-state index in [2.05, 4.69) is 0 Å². The van der Waals surface area contributed by atoms with Crippen molar-refractivity contribution in [2.75, 3.05) is 26.7 Å². The van der Waals surface area contributed by atoms with Crippen LogP contribution in [0.1, 0.15) is 5.56 Å². The average molecular weight is 523 g/mol. The average Bonchev–Trinajstić information content (AvgIpc) is 3.03. The first-order valence-corrected chi connectivity index (χ1v) is 11.4. The van der Waals surface area contributed by atoms with Gasteiger partial charge in [-0.2, -0.15) is 8.78 Å². The summed E-state index contributed by atoms with van der Waals surface area (Å²) >= 11 is -0.219. The summed E-state index contributed by atoms with van der Waals surface area (Å²) in [6.07, 6.45) is -0.468. The molecule has 1 N–H and O–H groups in total. The number of carbonyl (C=O) groups is 1. The SMILES string of the molecule is CN1CCOc2c(F)cc(F)cc2-c2cccc(c2F)CC2C(NSC(F)F)C(F)(F)CN2C1=O. The molecule has 2 aliphatic rings. The minimum atomic E-state index is -3.59. The monoisotopic (exact) mass is 523 g/mol. The van der Waals surface area contributed by atoms with Gasteiger partial charge in [0, 0.05) is 24.2 Å². The molecule has 1 fully saturated rings. The Balaban J connectivity index is 1.84. The van der Waals surface area contributed by atoms with Gasteiger partial charge in [-0.05, 0) is 30.0 Å².